The van der Waals surface area contributed by atoms with Crippen LogP contribution in [0.15, 0.2) is 21.1 Å². The lowest BCUT2D eigenvalue weighted by Crippen LogP contribution is -2.10. The number of hydrogen-bond acceptors (Lipinski definition) is 2. The Bertz CT molecular complexity index is 392. The van der Waals surface area contributed by atoms with E-state index in [0.717, 1.165) is 8.95 Å². The largest absolute Gasteiger partial charge is 0.378 e. The summed E-state index contributed by atoms with van der Waals surface area (Å²) in [5.74, 6) is -0.381. The maximum atomic E-state index is 11.1. The Hall–Kier alpha value is -0.390. The van der Waals surface area contributed by atoms with E-state index >= 15 is 0 Å². The number of fused-ring (bicyclic) bond motifs is 1. The van der Waals surface area contributed by atoms with Gasteiger partial charge in [-0.15, -0.1) is 0 Å². The summed E-state index contributed by atoms with van der Waals surface area (Å²) in [5.41, 5.74) is 1.26. The van der Waals surface area contributed by atoms with Crippen LogP contribution >= 0.6 is 31.9 Å². The van der Waals surface area contributed by atoms with Gasteiger partial charge in [-0.3, -0.25) is 4.79 Å². The third kappa shape index (κ3) is 1.41. The minimum atomic E-state index is -1.06. The average Bonchev–Trinajstić information content (AvgIpc) is 2.27. The van der Waals surface area contributed by atoms with Gasteiger partial charge in [0.1, 0.15) is 0 Å². The van der Waals surface area contributed by atoms with Gasteiger partial charge in [-0.05, 0) is 12.1 Å². The first-order chi connectivity index (χ1) is 6.09. The average molecular weight is 307 g/mol. The Labute approximate surface area is 91.4 Å². The van der Waals surface area contributed by atoms with Gasteiger partial charge in [-0.1, -0.05) is 31.9 Å². The first-order valence-corrected chi connectivity index (χ1v) is 5.16. The molecule has 1 atom stereocenters. The van der Waals surface area contributed by atoms with Gasteiger partial charge in [-0.2, -0.15) is 0 Å². The second-order valence-corrected chi connectivity index (χ2v) is 4.51. The van der Waals surface area contributed by atoms with Crippen LogP contribution in [0.3, 0.4) is 0 Å². The second-order valence-electron chi connectivity index (χ2n) is 2.74. The normalized spacial score (nSPS) is 19.9. The third-order valence-corrected chi connectivity index (χ3v) is 2.99. The Kier molecular flexibility index (Phi) is 2.17. The van der Waals surface area contributed by atoms with Crippen molar-refractivity contribution in [1.29, 1.82) is 0 Å². The van der Waals surface area contributed by atoms with Crippen LogP contribution in [0.5, 0.6) is 0 Å². The lowest BCUT2D eigenvalue weighted by molar-refractivity contribution is -0.123. The number of benzene rings is 1. The van der Waals surface area contributed by atoms with E-state index in [4.69, 9.17) is 0 Å². The number of aliphatic hydroxyl groups excluding tert-OH is 1. The molecular formula is C8H5Br2NO2. The molecule has 0 spiro atoms. The molecule has 13 heavy (non-hydrogen) atoms. The Balaban J connectivity index is 2.64. The van der Waals surface area contributed by atoms with Gasteiger partial charge < -0.3 is 10.4 Å². The summed E-state index contributed by atoms with van der Waals surface area (Å²) in [4.78, 5) is 11.1. The maximum Gasteiger partial charge on any atom is 0.257 e. The molecule has 0 aromatic heterocycles. The Morgan fingerprint density at radius 2 is 2.08 bits per heavy atom. The van der Waals surface area contributed by atoms with Gasteiger partial charge in [0.15, 0.2) is 6.10 Å². The summed E-state index contributed by atoms with van der Waals surface area (Å²) >= 11 is 6.58. The number of nitrogens with one attached hydrogen (secondary N) is 1. The predicted octanol–water partition coefficient (Wildman–Crippen LogP) is 2.20. The van der Waals surface area contributed by atoms with Crippen LogP contribution in [0, 0.1) is 0 Å². The monoisotopic (exact) mass is 305 g/mol. The SMILES string of the molecule is O=C1Nc2cc(Br)cc(Br)c2C1O. The number of amides is 1. The molecule has 1 aliphatic rings. The van der Waals surface area contributed by atoms with Crippen molar-refractivity contribution in [2.24, 2.45) is 0 Å². The molecule has 1 amide bonds. The summed E-state index contributed by atoms with van der Waals surface area (Å²) in [6.45, 7) is 0. The Morgan fingerprint density at radius 3 is 2.77 bits per heavy atom. The van der Waals surface area contributed by atoms with Crippen LogP contribution in [-0.2, 0) is 4.79 Å². The molecule has 3 nitrogen and oxygen atoms in total. The van der Waals surface area contributed by atoms with E-state index in [1.165, 1.54) is 0 Å². The van der Waals surface area contributed by atoms with Crippen LogP contribution in [0.2, 0.25) is 0 Å². The highest BCUT2D eigenvalue weighted by Crippen LogP contribution is 2.38. The fourth-order valence-electron chi connectivity index (χ4n) is 1.30. The summed E-state index contributed by atoms with van der Waals surface area (Å²) in [5, 5.41) is 12.0. The van der Waals surface area contributed by atoms with Crippen molar-refractivity contribution < 1.29 is 9.90 Å². The fraction of sp³-hybridized carbons (Fsp3) is 0.125. The van der Waals surface area contributed by atoms with Gasteiger partial charge in [0.25, 0.3) is 5.91 Å². The molecule has 0 saturated carbocycles. The molecule has 1 unspecified atom stereocenters. The molecule has 0 fully saturated rings. The predicted molar refractivity (Wildman–Crippen MR) is 55.4 cm³/mol. The van der Waals surface area contributed by atoms with E-state index in [-0.39, 0.29) is 5.91 Å². The zero-order valence-corrected chi connectivity index (χ0v) is 9.52. The first-order valence-electron chi connectivity index (χ1n) is 3.57. The topological polar surface area (TPSA) is 49.3 Å². The zero-order chi connectivity index (χ0) is 9.59. The van der Waals surface area contributed by atoms with Crippen LogP contribution < -0.4 is 5.32 Å². The van der Waals surface area contributed by atoms with Gasteiger partial charge in [0.2, 0.25) is 0 Å². The van der Waals surface area contributed by atoms with Crippen molar-refractivity contribution in [3.05, 3.63) is 26.6 Å². The highest BCUT2D eigenvalue weighted by Gasteiger charge is 2.30. The molecule has 68 valence electrons. The highest BCUT2D eigenvalue weighted by molar-refractivity contribution is 9.11. The number of hydrogen-bond donors (Lipinski definition) is 2. The quantitative estimate of drug-likeness (QED) is 0.772. The molecule has 1 aromatic carbocycles. The molecule has 2 N–H and O–H groups in total. The second kappa shape index (κ2) is 3.08. The molecule has 1 aromatic rings. The molecule has 0 bridgehead atoms. The van der Waals surface area contributed by atoms with Gasteiger partial charge in [0, 0.05) is 20.2 Å². The Morgan fingerprint density at radius 1 is 1.38 bits per heavy atom. The third-order valence-electron chi connectivity index (χ3n) is 1.87. The molecule has 5 heteroatoms. The number of carbonyl (C=O) groups excluding carboxylic acids is 1. The molecule has 1 heterocycles. The molecular weight excluding hydrogens is 302 g/mol. The lowest BCUT2D eigenvalue weighted by Gasteiger charge is -2.03. The van der Waals surface area contributed by atoms with Gasteiger partial charge in [0.05, 0.1) is 0 Å². The van der Waals surface area contributed by atoms with E-state index in [1.807, 2.05) is 0 Å². The smallest absolute Gasteiger partial charge is 0.257 e. The maximum absolute atomic E-state index is 11.1. The standard InChI is InChI=1S/C8H5Br2NO2/c9-3-1-4(10)6-5(2-3)11-8(13)7(6)12/h1-2,7,12H,(H,11,13). The van der Waals surface area contributed by atoms with E-state index in [0.29, 0.717) is 11.3 Å². The summed E-state index contributed by atoms with van der Waals surface area (Å²) in [6, 6.07) is 3.55. The number of carbonyl (C=O) groups is 1. The molecule has 0 aliphatic carbocycles. The number of halogens is 2. The van der Waals surface area contributed by atoms with Gasteiger partial charge >= 0.3 is 0 Å². The zero-order valence-electron chi connectivity index (χ0n) is 6.34. The van der Waals surface area contributed by atoms with Crippen molar-refractivity contribution in [2.75, 3.05) is 5.32 Å². The number of anilines is 1. The number of rotatable bonds is 0. The highest BCUT2D eigenvalue weighted by atomic mass is 79.9. The van der Waals surface area contributed by atoms with Gasteiger partial charge in [-0.25, -0.2) is 0 Å². The summed E-state index contributed by atoms with van der Waals surface area (Å²) in [7, 11) is 0. The van der Waals surface area contributed by atoms with E-state index in [2.05, 4.69) is 37.2 Å². The molecule has 2 rings (SSSR count). The van der Waals surface area contributed by atoms with Crippen molar-refractivity contribution >= 4 is 43.5 Å². The van der Waals surface area contributed by atoms with Crippen molar-refractivity contribution in [2.45, 2.75) is 6.10 Å². The molecule has 1 aliphatic heterocycles. The van der Waals surface area contributed by atoms with Crippen molar-refractivity contribution in [1.82, 2.24) is 0 Å². The van der Waals surface area contributed by atoms with Crippen molar-refractivity contribution in [3.63, 3.8) is 0 Å². The first kappa shape index (κ1) is 9.18. The fourth-order valence-corrected chi connectivity index (χ4v) is 2.74. The van der Waals surface area contributed by atoms with Crippen LogP contribution in [-0.4, -0.2) is 11.0 Å². The van der Waals surface area contributed by atoms with Crippen molar-refractivity contribution in [3.8, 4) is 0 Å². The van der Waals surface area contributed by atoms with Crippen LogP contribution in [0.25, 0.3) is 0 Å². The van der Waals surface area contributed by atoms with Crippen LogP contribution in [0.4, 0.5) is 5.69 Å². The van der Waals surface area contributed by atoms with E-state index in [1.54, 1.807) is 12.1 Å². The minimum absolute atomic E-state index is 0.381. The summed E-state index contributed by atoms with van der Waals surface area (Å²) in [6.07, 6.45) is -1.06. The van der Waals surface area contributed by atoms with E-state index < -0.39 is 6.10 Å². The number of aliphatic hydroxyl groups is 1. The van der Waals surface area contributed by atoms with E-state index in [9.17, 15) is 9.90 Å². The lowest BCUT2D eigenvalue weighted by atomic mass is 10.1. The molecule has 0 saturated heterocycles. The summed E-state index contributed by atoms with van der Waals surface area (Å²) < 4.78 is 1.58. The minimum Gasteiger partial charge on any atom is -0.378 e. The molecule has 0 radical (unpaired) electrons. The van der Waals surface area contributed by atoms with Crippen LogP contribution in [0.1, 0.15) is 11.7 Å².